The number of ether oxygens (including phenoxy) is 2. The summed E-state index contributed by atoms with van der Waals surface area (Å²) < 4.78 is 14.1. The Kier molecular flexibility index (Phi) is 12.4. The first-order chi connectivity index (χ1) is 24.8. The first-order valence-electron chi connectivity index (χ1n) is 21.8. The van der Waals surface area contributed by atoms with Crippen LogP contribution in [0.5, 0.6) is 0 Å². The molecule has 310 valence electrons. The van der Waals surface area contributed by atoms with Crippen LogP contribution in [0, 0.1) is 56.7 Å². The molecule has 0 aromatic rings. The fraction of sp³-hybridized carbons (Fsp3) is 0.913. The maximum absolute atomic E-state index is 13.5. The molecule has 0 amide bonds. The number of carbonyl (C=O) groups excluding carboxylic acids is 2. The van der Waals surface area contributed by atoms with E-state index in [-0.39, 0.29) is 45.1 Å². The molecular formula is C46H84N4O4+2. The molecular weight excluding hydrogens is 673 g/mol. The van der Waals surface area contributed by atoms with Crippen LogP contribution in [0.1, 0.15) is 106 Å². The van der Waals surface area contributed by atoms with Gasteiger partial charge < -0.3 is 28.2 Å². The third kappa shape index (κ3) is 8.12. The molecule has 0 spiro atoms. The number of likely N-dealkylation sites (N-methyl/N-ethyl adjacent to an activating group) is 4. The summed E-state index contributed by atoms with van der Waals surface area (Å²) in [4.78, 5) is 31.3. The van der Waals surface area contributed by atoms with Crippen molar-refractivity contribution >= 4 is 11.9 Å². The van der Waals surface area contributed by atoms with E-state index in [0.717, 1.165) is 51.9 Å². The molecule has 5 aliphatic rings. The molecule has 0 N–H and O–H groups in total. The molecule has 8 nitrogen and oxygen atoms in total. The monoisotopic (exact) mass is 757 g/mol. The van der Waals surface area contributed by atoms with Crippen molar-refractivity contribution in [3.63, 3.8) is 0 Å². The Morgan fingerprint density at radius 3 is 1.87 bits per heavy atom. The minimum atomic E-state index is -0.0651. The fourth-order valence-electron chi connectivity index (χ4n) is 14.0. The number of nitrogens with zero attached hydrogens (tertiary/aromatic N) is 4. The molecule has 5 saturated carbocycles. The zero-order valence-electron chi connectivity index (χ0n) is 37.6. The van der Waals surface area contributed by atoms with Gasteiger partial charge in [0, 0.05) is 23.9 Å². The highest BCUT2D eigenvalue weighted by Crippen LogP contribution is 2.77. The van der Waals surface area contributed by atoms with E-state index in [1.165, 1.54) is 44.1 Å². The highest BCUT2D eigenvalue weighted by Gasteiger charge is 2.71. The van der Waals surface area contributed by atoms with Crippen molar-refractivity contribution < 1.29 is 28.0 Å². The van der Waals surface area contributed by atoms with Crippen LogP contribution >= 0.6 is 0 Å². The van der Waals surface area contributed by atoms with E-state index in [4.69, 9.17) is 9.47 Å². The molecule has 5 fully saturated rings. The van der Waals surface area contributed by atoms with E-state index < -0.39 is 0 Å². The Balaban J connectivity index is 1.33. The Bertz CT molecular complexity index is 1390. The van der Waals surface area contributed by atoms with Gasteiger partial charge in [-0.3, -0.25) is 0 Å². The highest BCUT2D eigenvalue weighted by molar-refractivity contribution is 5.71. The van der Waals surface area contributed by atoms with Gasteiger partial charge >= 0.3 is 11.9 Å². The molecule has 0 saturated heterocycles. The quantitative estimate of drug-likeness (QED) is 0.105. The number of hydrogen-bond donors (Lipinski definition) is 0. The van der Waals surface area contributed by atoms with Crippen LogP contribution in [0.3, 0.4) is 0 Å². The van der Waals surface area contributed by atoms with E-state index in [9.17, 15) is 9.59 Å². The fourth-order valence-corrected chi connectivity index (χ4v) is 14.0. The molecule has 0 heterocycles. The van der Waals surface area contributed by atoms with Crippen molar-refractivity contribution in [2.75, 3.05) is 102 Å². The molecule has 4 unspecified atom stereocenters. The standard InChI is InChI=1S/C46H84N4O4/c1-33(2)34-18-23-46(32-53-39(51)30-49(12,13)28-26-47(8)9)25-24-44(6)35(41(34)46)16-17-37-43(5)21-20-38(42(3,4)36(43)19-22-45(37,44)7)54-40(52)31-50(14,15)29-27-48(10)11/h34-38,41H,1,16-32H2,2-15H3/q+2/t34-,35?,36?,37?,38-,41?,43-,44+,45+,46+/m0/s1. The first-order valence-corrected chi connectivity index (χ1v) is 21.8. The van der Waals surface area contributed by atoms with Gasteiger partial charge in [-0.1, -0.05) is 46.8 Å². The average molecular weight is 757 g/mol. The van der Waals surface area contributed by atoms with Crippen LogP contribution in [0.4, 0.5) is 0 Å². The van der Waals surface area contributed by atoms with Crippen molar-refractivity contribution in [3.05, 3.63) is 12.2 Å². The van der Waals surface area contributed by atoms with Crippen molar-refractivity contribution in [1.29, 1.82) is 0 Å². The third-order valence-corrected chi connectivity index (χ3v) is 17.4. The molecule has 0 aliphatic heterocycles. The zero-order valence-corrected chi connectivity index (χ0v) is 37.6. The minimum Gasteiger partial charge on any atom is -0.461 e. The molecule has 8 heteroatoms. The summed E-state index contributed by atoms with van der Waals surface area (Å²) in [6.07, 6.45) is 11.7. The average Bonchev–Trinajstić information content (AvgIpc) is 3.44. The van der Waals surface area contributed by atoms with Gasteiger partial charge in [-0.2, -0.15) is 0 Å². The van der Waals surface area contributed by atoms with Crippen LogP contribution in [0.25, 0.3) is 0 Å². The van der Waals surface area contributed by atoms with Crippen LogP contribution in [-0.2, 0) is 19.1 Å². The number of quaternary nitrogens is 2. The summed E-state index contributed by atoms with van der Waals surface area (Å²) in [7, 11) is 16.9. The summed E-state index contributed by atoms with van der Waals surface area (Å²) in [6.45, 7) is 24.9. The highest BCUT2D eigenvalue weighted by atomic mass is 16.5. The molecule has 0 bridgehead atoms. The summed E-state index contributed by atoms with van der Waals surface area (Å²) in [5, 5.41) is 0. The molecule has 5 aliphatic carbocycles. The van der Waals surface area contributed by atoms with Crippen LogP contribution in [0.2, 0.25) is 0 Å². The Morgan fingerprint density at radius 1 is 0.704 bits per heavy atom. The van der Waals surface area contributed by atoms with Gasteiger partial charge in [-0.05, 0) is 145 Å². The van der Waals surface area contributed by atoms with Crippen molar-refractivity contribution in [1.82, 2.24) is 9.80 Å². The van der Waals surface area contributed by atoms with Gasteiger partial charge in [-0.25, -0.2) is 9.59 Å². The number of fused-ring (bicyclic) bond motifs is 7. The molecule has 0 radical (unpaired) electrons. The van der Waals surface area contributed by atoms with Gasteiger partial charge in [0.25, 0.3) is 0 Å². The van der Waals surface area contributed by atoms with Crippen molar-refractivity contribution in [3.8, 4) is 0 Å². The van der Waals surface area contributed by atoms with E-state index in [2.05, 4.69) is 114 Å². The zero-order chi connectivity index (χ0) is 40.3. The molecule has 54 heavy (non-hydrogen) atoms. The predicted octanol–water partition coefficient (Wildman–Crippen LogP) is 7.38. The Hall–Kier alpha value is -1.48. The van der Waals surface area contributed by atoms with Crippen LogP contribution < -0.4 is 0 Å². The number of allylic oxidation sites excluding steroid dienone is 1. The number of rotatable bonds is 14. The second-order valence-electron chi connectivity index (χ2n) is 22.8. The lowest BCUT2D eigenvalue weighted by Crippen LogP contribution is -2.67. The van der Waals surface area contributed by atoms with E-state index in [0.29, 0.717) is 58.3 Å². The lowest BCUT2D eigenvalue weighted by Gasteiger charge is -2.73. The second-order valence-corrected chi connectivity index (χ2v) is 22.8. The minimum absolute atomic E-state index is 0.0293. The van der Waals surface area contributed by atoms with Gasteiger partial charge in [0.15, 0.2) is 13.1 Å². The normalized spacial score (nSPS) is 39.0. The van der Waals surface area contributed by atoms with Crippen molar-refractivity contribution in [2.45, 2.75) is 112 Å². The van der Waals surface area contributed by atoms with E-state index in [1.54, 1.807) is 0 Å². The van der Waals surface area contributed by atoms with Crippen LogP contribution in [0.15, 0.2) is 12.2 Å². The maximum Gasteiger partial charge on any atom is 0.362 e. The smallest absolute Gasteiger partial charge is 0.362 e. The Morgan fingerprint density at radius 2 is 1.30 bits per heavy atom. The largest absolute Gasteiger partial charge is 0.461 e. The number of esters is 2. The van der Waals surface area contributed by atoms with E-state index in [1.807, 2.05) is 0 Å². The molecule has 0 aromatic heterocycles. The predicted molar refractivity (Wildman–Crippen MR) is 221 cm³/mol. The molecule has 0 aromatic carbocycles. The summed E-state index contributed by atoms with van der Waals surface area (Å²) in [5.41, 5.74) is 2.02. The van der Waals surface area contributed by atoms with Crippen LogP contribution in [-0.4, -0.2) is 139 Å². The maximum atomic E-state index is 13.5. The molecule has 5 rings (SSSR count). The summed E-state index contributed by atoms with van der Waals surface area (Å²) in [6, 6.07) is 0. The van der Waals surface area contributed by atoms with E-state index >= 15 is 0 Å². The third-order valence-electron chi connectivity index (χ3n) is 17.4. The first kappa shape index (κ1) is 43.6. The Labute approximate surface area is 331 Å². The van der Waals surface area contributed by atoms with Gasteiger partial charge in [0.2, 0.25) is 0 Å². The van der Waals surface area contributed by atoms with Gasteiger partial charge in [0.05, 0.1) is 47.9 Å². The summed E-state index contributed by atoms with van der Waals surface area (Å²) in [5.74, 6) is 2.74. The number of carbonyl (C=O) groups is 2. The lowest BCUT2D eigenvalue weighted by molar-refractivity contribution is -0.882. The lowest BCUT2D eigenvalue weighted by atomic mass is 9.32. The van der Waals surface area contributed by atoms with Gasteiger partial charge in [-0.15, -0.1) is 0 Å². The molecule has 10 atom stereocenters. The van der Waals surface area contributed by atoms with Crippen molar-refractivity contribution in [2.24, 2.45) is 56.7 Å². The SMILES string of the molecule is C=C(C)[C@@H]1CC[C@]2(COC(=O)C[N+](C)(C)CCN(C)C)CC[C@]3(C)C(CCC4[C@@]5(C)CC[C@H](OC(=O)C[N+](C)(C)CCN(C)C)C(C)(C)C5CC[C@]43C)C12. The second kappa shape index (κ2) is 15.4. The topological polar surface area (TPSA) is 59.1 Å². The van der Waals surface area contributed by atoms with Gasteiger partial charge in [0.1, 0.15) is 6.10 Å². The number of hydrogen-bond acceptors (Lipinski definition) is 6. The summed E-state index contributed by atoms with van der Waals surface area (Å²) >= 11 is 0.